The van der Waals surface area contributed by atoms with Gasteiger partial charge in [0.15, 0.2) is 0 Å². The first kappa shape index (κ1) is 12.9. The molecular formula is C17H17NO2S. The Morgan fingerprint density at radius 3 is 3.19 bits per heavy atom. The predicted octanol–water partition coefficient (Wildman–Crippen LogP) is 4.45. The summed E-state index contributed by atoms with van der Waals surface area (Å²) in [6.07, 6.45) is 2.81. The van der Waals surface area contributed by atoms with Gasteiger partial charge in [-0.25, -0.2) is 0 Å². The van der Waals surface area contributed by atoms with Crippen LogP contribution in [0.15, 0.2) is 46.4 Å². The molecule has 4 heteroatoms. The molecule has 3 nitrogen and oxygen atoms in total. The highest BCUT2D eigenvalue weighted by Gasteiger charge is 2.25. The topological polar surface area (TPSA) is 25.6 Å². The minimum Gasteiger partial charge on any atom is -0.484 e. The smallest absolute Gasteiger partial charge is 0.138 e. The van der Waals surface area contributed by atoms with E-state index in [-0.39, 0.29) is 6.10 Å². The molecule has 1 aromatic carbocycles. The van der Waals surface area contributed by atoms with Crippen molar-refractivity contribution < 1.29 is 9.15 Å². The maximum atomic E-state index is 6.36. The van der Waals surface area contributed by atoms with Crippen LogP contribution in [0.1, 0.15) is 23.8 Å². The van der Waals surface area contributed by atoms with E-state index in [1.807, 2.05) is 6.07 Å². The summed E-state index contributed by atoms with van der Waals surface area (Å²) >= 11 is 1.73. The first-order valence-corrected chi connectivity index (χ1v) is 8.07. The second kappa shape index (κ2) is 5.20. The summed E-state index contributed by atoms with van der Waals surface area (Å²) in [5, 5.41) is 3.36. The Bertz CT molecular complexity index is 761. The van der Waals surface area contributed by atoms with Crippen molar-refractivity contribution in [1.82, 2.24) is 4.90 Å². The summed E-state index contributed by atoms with van der Waals surface area (Å²) in [6.45, 7) is 1.86. The molecule has 21 heavy (non-hydrogen) atoms. The zero-order valence-corrected chi connectivity index (χ0v) is 12.7. The average molecular weight is 299 g/mol. The molecule has 0 saturated carbocycles. The predicted molar refractivity (Wildman–Crippen MR) is 84.9 cm³/mol. The van der Waals surface area contributed by atoms with Crippen LogP contribution in [0, 0.1) is 0 Å². The molecule has 1 atom stereocenters. The molecule has 3 heterocycles. The summed E-state index contributed by atoms with van der Waals surface area (Å²) in [4.78, 5) is 2.28. The molecule has 2 aromatic heterocycles. The molecule has 0 aliphatic carbocycles. The summed E-state index contributed by atoms with van der Waals surface area (Å²) in [6, 6.07) is 10.4. The van der Waals surface area contributed by atoms with Crippen LogP contribution in [-0.4, -0.2) is 18.5 Å². The molecule has 0 saturated heterocycles. The van der Waals surface area contributed by atoms with Gasteiger partial charge in [0.05, 0.1) is 17.5 Å². The highest BCUT2D eigenvalue weighted by atomic mass is 32.1. The van der Waals surface area contributed by atoms with E-state index < -0.39 is 0 Å². The van der Waals surface area contributed by atoms with Gasteiger partial charge in [-0.1, -0.05) is 12.1 Å². The number of furan rings is 1. The zero-order valence-electron chi connectivity index (χ0n) is 11.9. The van der Waals surface area contributed by atoms with Gasteiger partial charge in [0.2, 0.25) is 0 Å². The van der Waals surface area contributed by atoms with E-state index in [4.69, 9.17) is 9.15 Å². The molecule has 4 rings (SSSR count). The number of hydrogen-bond donors (Lipinski definition) is 0. The summed E-state index contributed by atoms with van der Waals surface area (Å²) in [7, 11) is 2.12. The largest absolute Gasteiger partial charge is 0.484 e. The number of fused-ring (bicyclic) bond motifs is 2. The van der Waals surface area contributed by atoms with E-state index in [9.17, 15) is 0 Å². The molecule has 0 N–H and O–H groups in total. The second-order valence-corrected chi connectivity index (χ2v) is 6.44. The van der Waals surface area contributed by atoms with Gasteiger partial charge in [0, 0.05) is 18.5 Å². The van der Waals surface area contributed by atoms with Gasteiger partial charge >= 0.3 is 0 Å². The minimum absolute atomic E-state index is 0.0661. The lowest BCUT2D eigenvalue weighted by atomic mass is 10.1. The molecule has 0 amide bonds. The van der Waals surface area contributed by atoms with Crippen molar-refractivity contribution in [3.05, 3.63) is 53.3 Å². The fourth-order valence-corrected chi connectivity index (χ4v) is 3.77. The SMILES string of the molecule is CN1CCC(Oc2cccc3ccsc23)c2ccoc2C1. The molecule has 1 unspecified atom stereocenters. The van der Waals surface area contributed by atoms with Crippen LogP contribution in [0.2, 0.25) is 0 Å². The van der Waals surface area contributed by atoms with Crippen molar-refractivity contribution >= 4 is 21.4 Å². The Morgan fingerprint density at radius 1 is 1.29 bits per heavy atom. The summed E-state index contributed by atoms with van der Waals surface area (Å²) in [5.74, 6) is 2.00. The van der Waals surface area contributed by atoms with Crippen LogP contribution in [0.3, 0.4) is 0 Å². The van der Waals surface area contributed by atoms with E-state index in [1.54, 1.807) is 17.6 Å². The van der Waals surface area contributed by atoms with Gasteiger partial charge < -0.3 is 9.15 Å². The number of hydrogen-bond acceptors (Lipinski definition) is 4. The molecule has 1 aliphatic heterocycles. The molecule has 0 bridgehead atoms. The Labute approximate surface area is 127 Å². The van der Waals surface area contributed by atoms with Crippen LogP contribution in [0.25, 0.3) is 10.1 Å². The Hall–Kier alpha value is -1.78. The van der Waals surface area contributed by atoms with Crippen molar-refractivity contribution in [2.24, 2.45) is 0 Å². The van der Waals surface area contributed by atoms with E-state index in [0.29, 0.717) is 0 Å². The quantitative estimate of drug-likeness (QED) is 0.699. The second-order valence-electron chi connectivity index (χ2n) is 5.53. The monoisotopic (exact) mass is 299 g/mol. The van der Waals surface area contributed by atoms with Gasteiger partial charge in [0.1, 0.15) is 17.6 Å². The first-order valence-electron chi connectivity index (χ1n) is 7.19. The number of thiophene rings is 1. The molecule has 0 spiro atoms. The molecule has 1 aliphatic rings. The van der Waals surface area contributed by atoms with Crippen LogP contribution in [0.5, 0.6) is 5.75 Å². The minimum atomic E-state index is 0.0661. The fourth-order valence-electron chi connectivity index (χ4n) is 2.92. The number of rotatable bonds is 2. The molecular weight excluding hydrogens is 282 g/mol. The third-order valence-electron chi connectivity index (χ3n) is 4.03. The Kier molecular flexibility index (Phi) is 3.20. The lowest BCUT2D eigenvalue weighted by Crippen LogP contribution is -2.18. The third-order valence-corrected chi connectivity index (χ3v) is 4.97. The summed E-state index contributed by atoms with van der Waals surface area (Å²) in [5.41, 5.74) is 1.19. The Balaban J connectivity index is 1.70. The van der Waals surface area contributed by atoms with E-state index in [2.05, 4.69) is 41.6 Å². The Morgan fingerprint density at radius 2 is 2.24 bits per heavy atom. The molecule has 3 aromatic rings. The lowest BCUT2D eigenvalue weighted by Gasteiger charge is -2.18. The van der Waals surface area contributed by atoms with E-state index in [0.717, 1.165) is 31.0 Å². The number of ether oxygens (including phenoxy) is 1. The normalized spacial score (nSPS) is 19.4. The van der Waals surface area contributed by atoms with Crippen LogP contribution in [0.4, 0.5) is 0 Å². The first-order chi connectivity index (χ1) is 10.3. The molecule has 0 fully saturated rings. The third kappa shape index (κ3) is 2.34. The van der Waals surface area contributed by atoms with Crippen molar-refractivity contribution in [2.45, 2.75) is 19.1 Å². The van der Waals surface area contributed by atoms with Gasteiger partial charge in [0.25, 0.3) is 0 Å². The van der Waals surface area contributed by atoms with Crippen molar-refractivity contribution in [3.8, 4) is 5.75 Å². The fraction of sp³-hybridized carbons (Fsp3) is 0.294. The number of nitrogens with zero attached hydrogens (tertiary/aromatic N) is 1. The van der Waals surface area contributed by atoms with Crippen molar-refractivity contribution in [3.63, 3.8) is 0 Å². The standard InChI is InChI=1S/C17H17NO2S/c1-18-8-5-14(13-6-9-19-16(13)11-18)20-15-4-2-3-12-7-10-21-17(12)15/h2-4,6-7,9-10,14H,5,8,11H2,1H3. The van der Waals surface area contributed by atoms with Gasteiger partial charge in [-0.3, -0.25) is 4.90 Å². The highest BCUT2D eigenvalue weighted by Crippen LogP contribution is 2.36. The van der Waals surface area contributed by atoms with Gasteiger partial charge in [-0.05, 0) is 36.0 Å². The average Bonchev–Trinajstić information content (AvgIpc) is 3.10. The molecule has 0 radical (unpaired) electrons. The maximum Gasteiger partial charge on any atom is 0.138 e. The molecule has 108 valence electrons. The van der Waals surface area contributed by atoms with Crippen molar-refractivity contribution in [1.29, 1.82) is 0 Å². The zero-order chi connectivity index (χ0) is 14.2. The number of benzene rings is 1. The van der Waals surface area contributed by atoms with E-state index >= 15 is 0 Å². The van der Waals surface area contributed by atoms with Crippen LogP contribution in [-0.2, 0) is 6.54 Å². The van der Waals surface area contributed by atoms with Crippen LogP contribution < -0.4 is 4.74 Å². The van der Waals surface area contributed by atoms with Gasteiger partial charge in [-0.2, -0.15) is 0 Å². The van der Waals surface area contributed by atoms with Crippen molar-refractivity contribution in [2.75, 3.05) is 13.6 Å². The van der Waals surface area contributed by atoms with E-state index in [1.165, 1.54) is 15.6 Å². The highest BCUT2D eigenvalue weighted by molar-refractivity contribution is 7.17. The van der Waals surface area contributed by atoms with Gasteiger partial charge in [-0.15, -0.1) is 11.3 Å². The van der Waals surface area contributed by atoms with Crippen LogP contribution >= 0.6 is 11.3 Å². The summed E-state index contributed by atoms with van der Waals surface area (Å²) < 4.78 is 13.2. The maximum absolute atomic E-state index is 6.36. The lowest BCUT2D eigenvalue weighted by molar-refractivity contribution is 0.185.